The van der Waals surface area contributed by atoms with Gasteiger partial charge < -0.3 is 29.2 Å². The molecule has 4 aromatic rings. The van der Waals surface area contributed by atoms with Gasteiger partial charge in [0.1, 0.15) is 36.6 Å². The van der Waals surface area contributed by atoms with Crippen molar-refractivity contribution < 1.29 is 38.7 Å². The Bertz CT molecular complexity index is 1600. The van der Waals surface area contributed by atoms with Crippen LogP contribution >= 0.6 is 0 Å². The lowest BCUT2D eigenvalue weighted by atomic mass is 9.84. The van der Waals surface area contributed by atoms with Gasteiger partial charge in [0.05, 0.1) is 30.9 Å². The van der Waals surface area contributed by atoms with Gasteiger partial charge in [-0.3, -0.25) is 14.5 Å². The van der Waals surface area contributed by atoms with E-state index in [1.807, 2.05) is 91.0 Å². The van der Waals surface area contributed by atoms with Gasteiger partial charge in [0.15, 0.2) is 0 Å². The zero-order chi connectivity index (χ0) is 34.0. The maximum absolute atomic E-state index is 12.7. The van der Waals surface area contributed by atoms with Crippen LogP contribution in [0.2, 0.25) is 0 Å². The fraction of sp³-hybridized carbons (Fsp3) is 0.350. The van der Waals surface area contributed by atoms with Crippen molar-refractivity contribution in [3.05, 3.63) is 143 Å². The van der Waals surface area contributed by atoms with E-state index in [0.717, 1.165) is 16.7 Å². The van der Waals surface area contributed by atoms with Crippen molar-refractivity contribution in [2.24, 2.45) is 0 Å². The molecule has 6 rings (SSSR count). The van der Waals surface area contributed by atoms with Crippen LogP contribution in [-0.2, 0) is 38.8 Å². The van der Waals surface area contributed by atoms with Crippen molar-refractivity contribution >= 4 is 11.8 Å². The Kier molecular flexibility index (Phi) is 12.0. The van der Waals surface area contributed by atoms with Crippen LogP contribution in [0.25, 0.3) is 0 Å². The van der Waals surface area contributed by atoms with Gasteiger partial charge >= 0.3 is 0 Å². The van der Waals surface area contributed by atoms with Gasteiger partial charge in [0.25, 0.3) is 11.8 Å². The molecule has 1 aliphatic heterocycles. The highest BCUT2D eigenvalue weighted by Crippen LogP contribution is 2.32. The molecule has 2 aliphatic rings. The van der Waals surface area contributed by atoms with Gasteiger partial charge in [-0.05, 0) is 48.1 Å². The Morgan fingerprint density at radius 2 is 0.857 bits per heavy atom. The van der Waals surface area contributed by atoms with Gasteiger partial charge in [0, 0.05) is 13.2 Å². The van der Waals surface area contributed by atoms with Crippen molar-refractivity contribution in [2.45, 2.75) is 75.7 Å². The molecule has 1 aliphatic carbocycles. The zero-order valence-electron chi connectivity index (χ0n) is 27.4. The summed E-state index contributed by atoms with van der Waals surface area (Å²) in [6.45, 7) is 1.28. The van der Waals surface area contributed by atoms with Crippen molar-refractivity contribution in [1.29, 1.82) is 0 Å². The number of imide groups is 1. The molecule has 1 saturated carbocycles. The minimum absolute atomic E-state index is 0.213. The summed E-state index contributed by atoms with van der Waals surface area (Å²) in [6, 6.07) is 36.0. The number of benzene rings is 4. The van der Waals surface area contributed by atoms with Crippen LogP contribution in [0.1, 0.15) is 56.7 Å². The zero-order valence-corrected chi connectivity index (χ0v) is 27.4. The van der Waals surface area contributed by atoms with E-state index in [2.05, 4.69) is 0 Å². The third-order valence-corrected chi connectivity index (χ3v) is 9.06. The molecule has 9 nitrogen and oxygen atoms in total. The Hall–Kier alpha value is -4.22. The monoisotopic (exact) mass is 665 g/mol. The van der Waals surface area contributed by atoms with E-state index in [1.165, 1.54) is 4.90 Å². The molecule has 0 spiro atoms. The van der Waals surface area contributed by atoms with Gasteiger partial charge in [-0.25, -0.2) is 0 Å². The average molecular weight is 666 g/mol. The number of aliphatic hydroxyl groups is 2. The Morgan fingerprint density at radius 3 is 1.31 bits per heavy atom. The highest BCUT2D eigenvalue weighted by atomic mass is 16.6. The standard InChI is InChI=1S/C40H43NO8/c42-33-34(43)36(47-25-28-15-5-1-6-16-28)38(49-27-30-19-9-3-10-20-30)37(48-26-29-17-7-2-8-18-29)35(33)46-24-14-4-13-23-41-39(44)31-21-11-12-22-32(31)40(41)45/h1-3,5-12,15-22,33-38,42-43H,4,13-14,23-27H2. The third kappa shape index (κ3) is 8.51. The molecule has 0 radical (unpaired) electrons. The Morgan fingerprint density at radius 1 is 0.469 bits per heavy atom. The first-order chi connectivity index (χ1) is 24.0. The van der Waals surface area contributed by atoms with Crippen LogP contribution < -0.4 is 0 Å². The summed E-state index contributed by atoms with van der Waals surface area (Å²) < 4.78 is 25.6. The topological polar surface area (TPSA) is 115 Å². The minimum Gasteiger partial charge on any atom is -0.387 e. The molecule has 256 valence electrons. The fourth-order valence-corrected chi connectivity index (χ4v) is 6.43. The summed E-state index contributed by atoms with van der Waals surface area (Å²) in [5, 5.41) is 23.0. The molecule has 6 unspecified atom stereocenters. The number of unbranched alkanes of at least 4 members (excludes halogenated alkanes) is 2. The summed E-state index contributed by atoms with van der Waals surface area (Å²) in [4.78, 5) is 26.7. The van der Waals surface area contributed by atoms with Crippen LogP contribution in [-0.4, -0.2) is 76.7 Å². The first-order valence-corrected chi connectivity index (χ1v) is 16.9. The molecular weight excluding hydrogens is 622 g/mol. The van der Waals surface area contributed by atoms with Crippen molar-refractivity contribution in [1.82, 2.24) is 4.90 Å². The number of carbonyl (C=O) groups excluding carboxylic acids is 2. The average Bonchev–Trinajstić information content (AvgIpc) is 3.39. The van der Waals surface area contributed by atoms with E-state index < -0.39 is 36.6 Å². The summed E-state index contributed by atoms with van der Waals surface area (Å²) in [6.07, 6.45) is -4.08. The third-order valence-electron chi connectivity index (χ3n) is 9.06. The molecular formula is C40H43NO8. The second-order valence-corrected chi connectivity index (χ2v) is 12.5. The van der Waals surface area contributed by atoms with E-state index in [-0.39, 0.29) is 38.2 Å². The first-order valence-electron chi connectivity index (χ1n) is 16.9. The number of hydrogen-bond acceptors (Lipinski definition) is 8. The van der Waals surface area contributed by atoms with Crippen LogP contribution in [0.3, 0.4) is 0 Å². The lowest BCUT2D eigenvalue weighted by Gasteiger charge is -2.47. The van der Waals surface area contributed by atoms with E-state index in [0.29, 0.717) is 36.9 Å². The molecule has 0 bridgehead atoms. The number of ether oxygens (including phenoxy) is 4. The molecule has 2 N–H and O–H groups in total. The molecule has 0 saturated heterocycles. The van der Waals surface area contributed by atoms with E-state index >= 15 is 0 Å². The summed E-state index contributed by atoms with van der Waals surface area (Å²) in [5.74, 6) is -0.527. The second-order valence-electron chi connectivity index (χ2n) is 12.5. The number of carbonyl (C=O) groups is 2. The second kappa shape index (κ2) is 16.9. The summed E-state index contributed by atoms with van der Waals surface area (Å²) in [7, 11) is 0. The largest absolute Gasteiger partial charge is 0.387 e. The SMILES string of the molecule is O=C1c2ccccc2C(=O)N1CCCCCOC1C(O)C(O)C(OCc2ccccc2)C(OCc2ccccc2)C1OCc1ccccc1. The number of nitrogens with zero attached hydrogens (tertiary/aromatic N) is 1. The van der Waals surface area contributed by atoms with Gasteiger partial charge in [-0.2, -0.15) is 0 Å². The van der Waals surface area contributed by atoms with Crippen molar-refractivity contribution in [2.75, 3.05) is 13.2 Å². The number of aliphatic hydroxyl groups excluding tert-OH is 2. The van der Waals surface area contributed by atoms with Crippen LogP contribution in [0.4, 0.5) is 0 Å². The number of fused-ring (bicyclic) bond motifs is 1. The normalized spacial score (nSPS) is 23.5. The van der Waals surface area contributed by atoms with Gasteiger partial charge in [-0.15, -0.1) is 0 Å². The van der Waals surface area contributed by atoms with E-state index in [1.54, 1.807) is 24.3 Å². The van der Waals surface area contributed by atoms with E-state index in [4.69, 9.17) is 18.9 Å². The highest BCUT2D eigenvalue weighted by Gasteiger charge is 2.52. The Labute approximate surface area is 287 Å². The molecule has 0 aromatic heterocycles. The molecule has 1 heterocycles. The Balaban J connectivity index is 1.13. The van der Waals surface area contributed by atoms with Crippen LogP contribution in [0.15, 0.2) is 115 Å². The van der Waals surface area contributed by atoms with Crippen molar-refractivity contribution in [3.63, 3.8) is 0 Å². The lowest BCUT2D eigenvalue weighted by Crippen LogP contribution is -2.66. The quantitative estimate of drug-likeness (QED) is 0.122. The molecule has 2 amide bonds. The fourth-order valence-electron chi connectivity index (χ4n) is 6.43. The smallest absolute Gasteiger partial charge is 0.261 e. The lowest BCUT2D eigenvalue weighted by molar-refractivity contribution is -0.272. The number of amides is 2. The van der Waals surface area contributed by atoms with Crippen molar-refractivity contribution in [3.8, 4) is 0 Å². The highest BCUT2D eigenvalue weighted by molar-refractivity contribution is 6.21. The molecule has 6 atom stereocenters. The summed E-state index contributed by atoms with van der Waals surface area (Å²) >= 11 is 0. The number of rotatable bonds is 16. The first kappa shape index (κ1) is 34.6. The molecule has 4 aromatic carbocycles. The molecule has 1 fully saturated rings. The van der Waals surface area contributed by atoms with Gasteiger partial charge in [-0.1, -0.05) is 103 Å². The minimum atomic E-state index is -1.31. The molecule has 9 heteroatoms. The predicted octanol–water partition coefficient (Wildman–Crippen LogP) is 5.33. The maximum atomic E-state index is 12.7. The van der Waals surface area contributed by atoms with Crippen LogP contribution in [0, 0.1) is 0 Å². The molecule has 49 heavy (non-hydrogen) atoms. The van der Waals surface area contributed by atoms with Crippen LogP contribution in [0.5, 0.6) is 0 Å². The number of hydrogen-bond donors (Lipinski definition) is 2. The van der Waals surface area contributed by atoms with Gasteiger partial charge in [0.2, 0.25) is 0 Å². The maximum Gasteiger partial charge on any atom is 0.261 e. The van der Waals surface area contributed by atoms with E-state index in [9.17, 15) is 19.8 Å². The predicted molar refractivity (Wildman–Crippen MR) is 182 cm³/mol. The summed E-state index contributed by atoms with van der Waals surface area (Å²) in [5.41, 5.74) is 3.70.